The fourth-order valence-corrected chi connectivity index (χ4v) is 3.01. The third kappa shape index (κ3) is 5.02. The quantitative estimate of drug-likeness (QED) is 0.651. The molecule has 1 aromatic heterocycles. The second-order valence-electron chi connectivity index (χ2n) is 5.22. The number of H-pyrrole nitrogens is 1. The number of nitrogens with one attached hydrogen (secondary N) is 2. The summed E-state index contributed by atoms with van der Waals surface area (Å²) >= 11 is 1.23. The minimum atomic E-state index is -0.255. The number of amides is 1. The maximum atomic E-state index is 12.0. The molecule has 0 saturated heterocycles. The molecule has 0 saturated carbocycles. The number of rotatable bonds is 9. The number of aromatic amines is 1. The molecule has 1 heterocycles. The minimum Gasteiger partial charge on any atom is -0.493 e. The van der Waals surface area contributed by atoms with E-state index in [1.54, 1.807) is 20.3 Å². The van der Waals surface area contributed by atoms with Gasteiger partial charge in [-0.3, -0.25) is 9.36 Å². The molecule has 0 spiro atoms. The van der Waals surface area contributed by atoms with Crippen molar-refractivity contribution in [2.75, 3.05) is 20.0 Å². The van der Waals surface area contributed by atoms with E-state index in [0.29, 0.717) is 29.7 Å². The summed E-state index contributed by atoms with van der Waals surface area (Å²) in [5, 5.41) is 9.71. The van der Waals surface area contributed by atoms with Gasteiger partial charge in [0.05, 0.1) is 20.0 Å². The smallest absolute Gasteiger partial charge is 0.343 e. The monoisotopic (exact) mass is 366 g/mol. The summed E-state index contributed by atoms with van der Waals surface area (Å²) in [6, 6.07) is 5.47. The van der Waals surface area contributed by atoms with Crippen LogP contribution in [0.15, 0.2) is 28.2 Å². The van der Waals surface area contributed by atoms with Gasteiger partial charge in [-0.05, 0) is 24.1 Å². The summed E-state index contributed by atoms with van der Waals surface area (Å²) in [5.74, 6) is 1.30. The van der Waals surface area contributed by atoms with Gasteiger partial charge in [0.1, 0.15) is 0 Å². The Bertz CT molecular complexity index is 772. The molecule has 8 nitrogen and oxygen atoms in total. The first kappa shape index (κ1) is 18.9. The SMILES string of the molecule is CCCn1c(SCC(=O)NCc2ccc(OC)c(OC)c2)n[nH]c1=O. The van der Waals surface area contributed by atoms with Gasteiger partial charge in [0.2, 0.25) is 5.91 Å². The van der Waals surface area contributed by atoms with Crippen molar-refractivity contribution in [2.45, 2.75) is 31.6 Å². The lowest BCUT2D eigenvalue weighted by Gasteiger charge is -2.10. The maximum Gasteiger partial charge on any atom is 0.343 e. The van der Waals surface area contributed by atoms with Gasteiger partial charge in [-0.1, -0.05) is 24.8 Å². The largest absolute Gasteiger partial charge is 0.493 e. The molecule has 136 valence electrons. The molecule has 0 aliphatic heterocycles. The molecule has 0 atom stereocenters. The van der Waals surface area contributed by atoms with Crippen LogP contribution >= 0.6 is 11.8 Å². The van der Waals surface area contributed by atoms with Gasteiger partial charge in [0.15, 0.2) is 16.7 Å². The Kier molecular flexibility index (Phi) is 6.93. The van der Waals surface area contributed by atoms with Crippen LogP contribution in [-0.4, -0.2) is 40.6 Å². The number of hydrogen-bond donors (Lipinski definition) is 2. The van der Waals surface area contributed by atoms with Crippen molar-refractivity contribution < 1.29 is 14.3 Å². The number of thioether (sulfide) groups is 1. The number of benzene rings is 1. The lowest BCUT2D eigenvalue weighted by atomic mass is 10.2. The zero-order valence-electron chi connectivity index (χ0n) is 14.5. The van der Waals surface area contributed by atoms with E-state index in [1.807, 2.05) is 19.1 Å². The normalized spacial score (nSPS) is 10.5. The third-order valence-electron chi connectivity index (χ3n) is 3.44. The summed E-state index contributed by atoms with van der Waals surface area (Å²) in [7, 11) is 3.14. The molecule has 2 N–H and O–H groups in total. The van der Waals surface area contributed by atoms with Crippen molar-refractivity contribution in [1.29, 1.82) is 0 Å². The highest BCUT2D eigenvalue weighted by Crippen LogP contribution is 2.27. The van der Waals surface area contributed by atoms with Gasteiger partial charge in [-0.15, -0.1) is 5.10 Å². The molecule has 0 bridgehead atoms. The number of ether oxygens (including phenoxy) is 2. The first-order chi connectivity index (χ1) is 12.1. The summed E-state index contributed by atoms with van der Waals surface area (Å²) in [6.07, 6.45) is 0.818. The average Bonchev–Trinajstić information content (AvgIpc) is 2.98. The first-order valence-electron chi connectivity index (χ1n) is 7.84. The zero-order valence-corrected chi connectivity index (χ0v) is 15.3. The number of nitrogens with zero attached hydrogens (tertiary/aromatic N) is 2. The number of methoxy groups -OCH3 is 2. The molecule has 0 radical (unpaired) electrons. The van der Waals surface area contributed by atoms with E-state index in [1.165, 1.54) is 16.3 Å². The van der Waals surface area contributed by atoms with E-state index in [0.717, 1.165) is 12.0 Å². The molecule has 0 fully saturated rings. The summed E-state index contributed by atoms with van der Waals surface area (Å²) in [5.41, 5.74) is 0.647. The van der Waals surface area contributed by atoms with E-state index in [9.17, 15) is 9.59 Å². The Labute approximate surface area is 149 Å². The molecule has 25 heavy (non-hydrogen) atoms. The standard InChI is InChI=1S/C16H22N4O4S/c1-4-7-20-15(22)18-19-16(20)25-10-14(21)17-9-11-5-6-12(23-2)13(8-11)24-3/h5-6,8H,4,7,9-10H2,1-3H3,(H,17,21)(H,18,22). The average molecular weight is 366 g/mol. The predicted molar refractivity (Wildman–Crippen MR) is 95.3 cm³/mol. The van der Waals surface area contributed by atoms with Gasteiger partial charge in [-0.25, -0.2) is 9.89 Å². The Balaban J connectivity index is 1.88. The van der Waals surface area contributed by atoms with Crippen molar-refractivity contribution in [3.8, 4) is 11.5 Å². The van der Waals surface area contributed by atoms with Crippen LogP contribution in [0.25, 0.3) is 0 Å². The molecule has 9 heteroatoms. The number of aromatic nitrogens is 3. The van der Waals surface area contributed by atoms with E-state index >= 15 is 0 Å². The summed E-state index contributed by atoms with van der Waals surface area (Å²) in [6.45, 7) is 2.93. The van der Waals surface area contributed by atoms with Crippen molar-refractivity contribution in [3.05, 3.63) is 34.2 Å². The van der Waals surface area contributed by atoms with Gasteiger partial charge in [0.25, 0.3) is 0 Å². The van der Waals surface area contributed by atoms with Gasteiger partial charge in [0, 0.05) is 13.1 Å². The van der Waals surface area contributed by atoms with E-state index in [4.69, 9.17) is 9.47 Å². The van der Waals surface area contributed by atoms with Crippen LogP contribution < -0.4 is 20.5 Å². The second kappa shape index (κ2) is 9.16. The number of hydrogen-bond acceptors (Lipinski definition) is 6. The highest BCUT2D eigenvalue weighted by molar-refractivity contribution is 7.99. The van der Waals surface area contributed by atoms with Crippen molar-refractivity contribution >= 4 is 17.7 Å². The van der Waals surface area contributed by atoms with Crippen LogP contribution in [0.3, 0.4) is 0 Å². The molecule has 1 amide bonds. The van der Waals surface area contributed by atoms with E-state index in [2.05, 4.69) is 15.5 Å². The van der Waals surface area contributed by atoms with Gasteiger partial charge >= 0.3 is 5.69 Å². The topological polar surface area (TPSA) is 98.2 Å². The van der Waals surface area contributed by atoms with Crippen molar-refractivity contribution in [1.82, 2.24) is 20.1 Å². The molecular formula is C16H22N4O4S. The zero-order chi connectivity index (χ0) is 18.2. The molecular weight excluding hydrogens is 344 g/mol. The van der Waals surface area contributed by atoms with Crippen LogP contribution in [0.5, 0.6) is 11.5 Å². The third-order valence-corrected chi connectivity index (χ3v) is 4.42. The fraction of sp³-hybridized carbons (Fsp3) is 0.438. The molecule has 2 rings (SSSR count). The van der Waals surface area contributed by atoms with Crippen LogP contribution in [0.4, 0.5) is 0 Å². The molecule has 1 aromatic carbocycles. The fourth-order valence-electron chi connectivity index (χ4n) is 2.21. The Morgan fingerprint density at radius 2 is 2.08 bits per heavy atom. The number of carbonyl (C=O) groups excluding carboxylic acids is 1. The predicted octanol–water partition coefficient (Wildman–Crippen LogP) is 1.41. The van der Waals surface area contributed by atoms with Crippen molar-refractivity contribution in [3.63, 3.8) is 0 Å². The minimum absolute atomic E-state index is 0.140. The molecule has 2 aromatic rings. The number of carbonyl (C=O) groups is 1. The van der Waals surface area contributed by atoms with Gasteiger partial charge in [-0.2, -0.15) is 0 Å². The Morgan fingerprint density at radius 1 is 1.32 bits per heavy atom. The first-order valence-corrected chi connectivity index (χ1v) is 8.83. The highest BCUT2D eigenvalue weighted by atomic mass is 32.2. The van der Waals surface area contributed by atoms with E-state index < -0.39 is 0 Å². The lowest BCUT2D eigenvalue weighted by Crippen LogP contribution is -2.25. The highest BCUT2D eigenvalue weighted by Gasteiger charge is 2.11. The van der Waals surface area contributed by atoms with Crippen molar-refractivity contribution in [2.24, 2.45) is 0 Å². The van der Waals surface area contributed by atoms with Crippen LogP contribution in [0, 0.1) is 0 Å². The van der Waals surface area contributed by atoms with Crippen LogP contribution in [0.2, 0.25) is 0 Å². The second-order valence-corrected chi connectivity index (χ2v) is 6.16. The maximum absolute atomic E-state index is 12.0. The van der Waals surface area contributed by atoms with Gasteiger partial charge < -0.3 is 14.8 Å². The lowest BCUT2D eigenvalue weighted by molar-refractivity contribution is -0.118. The Hall–Kier alpha value is -2.42. The van der Waals surface area contributed by atoms with Crippen LogP contribution in [0.1, 0.15) is 18.9 Å². The Morgan fingerprint density at radius 3 is 2.76 bits per heavy atom. The molecule has 0 aliphatic carbocycles. The molecule has 0 aliphatic rings. The van der Waals surface area contributed by atoms with Crippen LogP contribution in [-0.2, 0) is 17.9 Å². The molecule has 0 unspecified atom stereocenters. The van der Waals surface area contributed by atoms with E-state index in [-0.39, 0.29) is 17.3 Å². The summed E-state index contributed by atoms with van der Waals surface area (Å²) in [4.78, 5) is 23.6. The summed E-state index contributed by atoms with van der Waals surface area (Å²) < 4.78 is 12.0.